The summed E-state index contributed by atoms with van der Waals surface area (Å²) in [7, 11) is 1.45. The van der Waals surface area contributed by atoms with Crippen molar-refractivity contribution in [1.82, 2.24) is 0 Å². The molecule has 0 spiro atoms. The SMILES string of the molecule is CCCCCCNc1cc(OC)c(C(=O)O)cc1Cl. The van der Waals surface area contributed by atoms with Crippen LogP contribution in [0.15, 0.2) is 12.1 Å². The summed E-state index contributed by atoms with van der Waals surface area (Å²) in [6.45, 7) is 2.98. The number of anilines is 1. The van der Waals surface area contributed by atoms with Crippen LogP contribution in [0.2, 0.25) is 5.02 Å². The van der Waals surface area contributed by atoms with Crippen LogP contribution in [0.4, 0.5) is 5.69 Å². The molecular formula is C14H20ClNO3. The summed E-state index contributed by atoms with van der Waals surface area (Å²) in [4.78, 5) is 11.0. The van der Waals surface area contributed by atoms with Crippen molar-refractivity contribution >= 4 is 23.3 Å². The molecule has 106 valence electrons. The molecule has 2 N–H and O–H groups in total. The van der Waals surface area contributed by atoms with E-state index < -0.39 is 5.97 Å². The van der Waals surface area contributed by atoms with Crippen LogP contribution in [0.25, 0.3) is 0 Å². The van der Waals surface area contributed by atoms with Crippen molar-refractivity contribution in [2.24, 2.45) is 0 Å². The molecule has 0 fully saturated rings. The lowest BCUT2D eigenvalue weighted by molar-refractivity contribution is 0.0693. The molecule has 0 unspecified atom stereocenters. The third-order valence-corrected chi connectivity index (χ3v) is 3.18. The Bertz CT molecular complexity index is 435. The topological polar surface area (TPSA) is 58.6 Å². The lowest BCUT2D eigenvalue weighted by Crippen LogP contribution is -2.05. The number of halogens is 1. The summed E-state index contributed by atoms with van der Waals surface area (Å²) in [6, 6.07) is 3.04. The van der Waals surface area contributed by atoms with Gasteiger partial charge in [0.25, 0.3) is 0 Å². The van der Waals surface area contributed by atoms with Gasteiger partial charge in [-0.05, 0) is 12.5 Å². The largest absolute Gasteiger partial charge is 0.496 e. The van der Waals surface area contributed by atoms with Gasteiger partial charge in [0, 0.05) is 12.6 Å². The van der Waals surface area contributed by atoms with Crippen molar-refractivity contribution in [1.29, 1.82) is 0 Å². The molecule has 0 aromatic heterocycles. The van der Waals surface area contributed by atoms with Gasteiger partial charge in [0.15, 0.2) is 0 Å². The smallest absolute Gasteiger partial charge is 0.339 e. The molecule has 0 aliphatic carbocycles. The molecule has 1 aromatic carbocycles. The van der Waals surface area contributed by atoms with Crippen molar-refractivity contribution in [3.63, 3.8) is 0 Å². The predicted octanol–water partition coefficient (Wildman–Crippen LogP) is 4.04. The van der Waals surface area contributed by atoms with E-state index in [9.17, 15) is 4.79 Å². The molecule has 0 saturated carbocycles. The van der Waals surface area contributed by atoms with E-state index in [-0.39, 0.29) is 5.56 Å². The predicted molar refractivity (Wildman–Crippen MR) is 77.6 cm³/mol. The highest BCUT2D eigenvalue weighted by Crippen LogP contribution is 2.31. The molecule has 0 amide bonds. The van der Waals surface area contributed by atoms with E-state index in [0.29, 0.717) is 16.5 Å². The Labute approximate surface area is 118 Å². The average Bonchev–Trinajstić information content (AvgIpc) is 2.39. The van der Waals surface area contributed by atoms with Crippen molar-refractivity contribution in [3.8, 4) is 5.75 Å². The normalized spacial score (nSPS) is 10.3. The second-order valence-corrected chi connectivity index (χ2v) is 4.73. The quantitative estimate of drug-likeness (QED) is 0.708. The number of carbonyl (C=O) groups is 1. The fraction of sp³-hybridized carbons (Fsp3) is 0.500. The number of hydrogen-bond donors (Lipinski definition) is 2. The molecule has 4 nitrogen and oxygen atoms in total. The molecule has 0 radical (unpaired) electrons. The Balaban J connectivity index is 2.71. The van der Waals surface area contributed by atoms with Gasteiger partial charge in [-0.15, -0.1) is 0 Å². The molecule has 0 aliphatic heterocycles. The van der Waals surface area contributed by atoms with Crippen molar-refractivity contribution in [3.05, 3.63) is 22.7 Å². The number of methoxy groups -OCH3 is 1. The van der Waals surface area contributed by atoms with Crippen molar-refractivity contribution in [2.75, 3.05) is 19.0 Å². The van der Waals surface area contributed by atoms with Crippen molar-refractivity contribution < 1.29 is 14.6 Å². The maximum atomic E-state index is 11.0. The third kappa shape index (κ3) is 4.63. The lowest BCUT2D eigenvalue weighted by Gasteiger charge is -2.12. The third-order valence-electron chi connectivity index (χ3n) is 2.87. The first-order valence-electron chi connectivity index (χ1n) is 6.44. The van der Waals surface area contributed by atoms with E-state index in [0.717, 1.165) is 13.0 Å². The van der Waals surface area contributed by atoms with Gasteiger partial charge >= 0.3 is 5.97 Å². The second-order valence-electron chi connectivity index (χ2n) is 4.32. The number of unbranched alkanes of at least 4 members (excludes halogenated alkanes) is 3. The molecule has 0 saturated heterocycles. The zero-order chi connectivity index (χ0) is 14.3. The van der Waals surface area contributed by atoms with Gasteiger partial charge in [0.2, 0.25) is 0 Å². The number of rotatable bonds is 8. The Kier molecular flexibility index (Phi) is 6.50. The van der Waals surface area contributed by atoms with Crippen LogP contribution in [0.5, 0.6) is 5.75 Å². The Morgan fingerprint density at radius 3 is 2.68 bits per heavy atom. The molecular weight excluding hydrogens is 266 g/mol. The summed E-state index contributed by atoms with van der Waals surface area (Å²) >= 11 is 6.06. The first kappa shape index (κ1) is 15.6. The van der Waals surface area contributed by atoms with Crippen LogP contribution < -0.4 is 10.1 Å². The number of nitrogens with one attached hydrogen (secondary N) is 1. The number of carboxylic acids is 1. The Hall–Kier alpha value is -1.42. The van der Waals surface area contributed by atoms with Crippen LogP contribution in [0.1, 0.15) is 43.0 Å². The highest BCUT2D eigenvalue weighted by molar-refractivity contribution is 6.33. The van der Waals surface area contributed by atoms with Crippen molar-refractivity contribution in [2.45, 2.75) is 32.6 Å². The monoisotopic (exact) mass is 285 g/mol. The van der Waals surface area contributed by atoms with Crippen LogP contribution in [0, 0.1) is 0 Å². The fourth-order valence-electron chi connectivity index (χ4n) is 1.80. The summed E-state index contributed by atoms with van der Waals surface area (Å²) in [5.74, 6) is -0.735. The minimum atomic E-state index is -1.05. The summed E-state index contributed by atoms with van der Waals surface area (Å²) in [5.41, 5.74) is 0.782. The van der Waals surface area contributed by atoms with E-state index in [1.165, 1.54) is 32.4 Å². The number of ether oxygens (including phenoxy) is 1. The Morgan fingerprint density at radius 1 is 1.37 bits per heavy atom. The number of aromatic carboxylic acids is 1. The van der Waals surface area contributed by atoms with E-state index in [2.05, 4.69) is 12.2 Å². The van der Waals surface area contributed by atoms with Crippen LogP contribution in [-0.4, -0.2) is 24.7 Å². The number of carboxylic acid groups (broad SMARTS) is 1. The van der Waals surface area contributed by atoms with E-state index >= 15 is 0 Å². The highest BCUT2D eigenvalue weighted by atomic mass is 35.5. The molecule has 1 aromatic rings. The van der Waals surface area contributed by atoms with Gasteiger partial charge in [0.05, 0.1) is 17.8 Å². The van der Waals surface area contributed by atoms with Crippen LogP contribution in [-0.2, 0) is 0 Å². The van der Waals surface area contributed by atoms with Crippen LogP contribution >= 0.6 is 11.6 Å². The minimum absolute atomic E-state index is 0.0732. The van der Waals surface area contributed by atoms with E-state index in [1.54, 1.807) is 6.07 Å². The first-order chi connectivity index (χ1) is 9.10. The van der Waals surface area contributed by atoms with Gasteiger partial charge in [-0.3, -0.25) is 0 Å². The summed E-state index contributed by atoms with van der Waals surface area (Å²) in [6.07, 6.45) is 4.65. The molecule has 0 heterocycles. The Morgan fingerprint density at radius 2 is 2.11 bits per heavy atom. The number of benzene rings is 1. The average molecular weight is 286 g/mol. The molecule has 0 bridgehead atoms. The standard InChI is InChI=1S/C14H20ClNO3/c1-3-4-5-6-7-16-12-9-13(19-2)10(14(17)18)8-11(12)15/h8-9,16H,3-7H2,1-2H3,(H,17,18). The number of hydrogen-bond acceptors (Lipinski definition) is 3. The molecule has 1 rings (SSSR count). The lowest BCUT2D eigenvalue weighted by atomic mass is 10.1. The zero-order valence-electron chi connectivity index (χ0n) is 11.3. The van der Waals surface area contributed by atoms with Gasteiger partial charge in [0.1, 0.15) is 11.3 Å². The van der Waals surface area contributed by atoms with E-state index in [1.807, 2.05) is 0 Å². The van der Waals surface area contributed by atoms with Gasteiger partial charge in [-0.25, -0.2) is 4.79 Å². The van der Waals surface area contributed by atoms with Gasteiger partial charge < -0.3 is 15.2 Å². The van der Waals surface area contributed by atoms with Gasteiger partial charge in [-0.1, -0.05) is 37.8 Å². The summed E-state index contributed by atoms with van der Waals surface area (Å²) in [5, 5.41) is 12.6. The summed E-state index contributed by atoms with van der Waals surface area (Å²) < 4.78 is 5.07. The van der Waals surface area contributed by atoms with E-state index in [4.69, 9.17) is 21.4 Å². The maximum absolute atomic E-state index is 11.0. The van der Waals surface area contributed by atoms with Crippen LogP contribution in [0.3, 0.4) is 0 Å². The fourth-order valence-corrected chi connectivity index (χ4v) is 2.03. The molecule has 0 atom stereocenters. The minimum Gasteiger partial charge on any atom is -0.496 e. The molecule has 5 heteroatoms. The highest BCUT2D eigenvalue weighted by Gasteiger charge is 2.14. The molecule has 19 heavy (non-hydrogen) atoms. The van der Waals surface area contributed by atoms with Gasteiger partial charge in [-0.2, -0.15) is 0 Å². The first-order valence-corrected chi connectivity index (χ1v) is 6.82. The zero-order valence-corrected chi connectivity index (χ0v) is 12.1. The maximum Gasteiger partial charge on any atom is 0.339 e. The molecule has 0 aliphatic rings. The second kappa shape index (κ2) is 7.89.